The molecule has 2 N–H and O–H groups in total. The number of hydrogen-bond donors (Lipinski definition) is 2. The molecule has 2 fully saturated rings. The van der Waals surface area contributed by atoms with Crippen molar-refractivity contribution in [3.05, 3.63) is 29.7 Å². The maximum Gasteiger partial charge on any atom is 0.248 e. The number of carbonyl (C=O) groups excluding carboxylic acids is 1. The molecule has 0 bridgehead atoms. The smallest absolute Gasteiger partial charge is 0.248 e. The fraction of sp³-hybridized carbons (Fsp3) is 0.684. The third-order valence-corrected chi connectivity index (χ3v) is 5.86. The van der Waals surface area contributed by atoms with E-state index in [-0.39, 0.29) is 23.8 Å². The van der Waals surface area contributed by atoms with Gasteiger partial charge in [-0.15, -0.1) is 0 Å². The van der Waals surface area contributed by atoms with E-state index in [2.05, 4.69) is 25.9 Å². The van der Waals surface area contributed by atoms with Crippen molar-refractivity contribution in [1.82, 2.24) is 30.6 Å². The molecule has 2 aromatic rings. The van der Waals surface area contributed by atoms with Gasteiger partial charge in [-0.3, -0.25) is 9.48 Å². The molecule has 4 rings (SSSR count). The number of nitrogens with one attached hydrogen (secondary N) is 2. The Labute approximate surface area is 159 Å². The highest BCUT2D eigenvalue weighted by Gasteiger charge is 2.35. The van der Waals surface area contributed by atoms with Gasteiger partial charge in [0.2, 0.25) is 11.8 Å². The van der Waals surface area contributed by atoms with E-state index in [1.54, 1.807) is 4.68 Å². The number of nitrogens with zero attached hydrogens (tertiary/aromatic N) is 4. The Morgan fingerprint density at radius 2 is 2.15 bits per heavy atom. The minimum atomic E-state index is -0.294. The van der Waals surface area contributed by atoms with Crippen molar-refractivity contribution in [2.24, 2.45) is 13.0 Å². The minimum Gasteiger partial charge on any atom is -0.344 e. The van der Waals surface area contributed by atoms with E-state index in [1.165, 1.54) is 19.3 Å². The molecule has 3 atom stereocenters. The number of aromatic nitrogens is 4. The maximum absolute atomic E-state index is 12.9. The Morgan fingerprint density at radius 1 is 1.33 bits per heavy atom. The molecule has 0 spiro atoms. The summed E-state index contributed by atoms with van der Waals surface area (Å²) >= 11 is 0. The van der Waals surface area contributed by atoms with Crippen LogP contribution in [0, 0.1) is 5.92 Å². The molecule has 1 unspecified atom stereocenters. The van der Waals surface area contributed by atoms with Crippen molar-refractivity contribution < 1.29 is 9.32 Å². The molecule has 2 aliphatic rings. The number of hydrogen-bond acceptors (Lipinski definition) is 6. The molecule has 27 heavy (non-hydrogen) atoms. The summed E-state index contributed by atoms with van der Waals surface area (Å²) in [5.41, 5.74) is 1.09. The average molecular weight is 372 g/mol. The Hall–Kier alpha value is -2.22. The summed E-state index contributed by atoms with van der Waals surface area (Å²) in [6.07, 6.45) is 9.82. The van der Waals surface area contributed by atoms with E-state index >= 15 is 0 Å². The minimum absolute atomic E-state index is 0.0127. The summed E-state index contributed by atoms with van der Waals surface area (Å²) in [5.74, 6) is 1.70. The molecule has 1 saturated heterocycles. The van der Waals surface area contributed by atoms with E-state index in [1.807, 2.05) is 26.4 Å². The van der Waals surface area contributed by atoms with Crippen LogP contribution in [0.2, 0.25) is 0 Å². The van der Waals surface area contributed by atoms with Gasteiger partial charge < -0.3 is 15.2 Å². The number of aryl methyl sites for hydroxylation is 1. The third-order valence-electron chi connectivity index (χ3n) is 5.86. The van der Waals surface area contributed by atoms with E-state index in [0.29, 0.717) is 18.4 Å². The van der Waals surface area contributed by atoms with Crippen molar-refractivity contribution >= 4 is 5.91 Å². The van der Waals surface area contributed by atoms with E-state index in [0.717, 1.165) is 30.8 Å². The van der Waals surface area contributed by atoms with Gasteiger partial charge in [0, 0.05) is 38.2 Å². The molecular weight excluding hydrogens is 344 g/mol. The van der Waals surface area contributed by atoms with Crippen molar-refractivity contribution in [3.63, 3.8) is 0 Å². The second-order valence-electron chi connectivity index (χ2n) is 7.87. The summed E-state index contributed by atoms with van der Waals surface area (Å²) in [6, 6.07) is -0.294. The van der Waals surface area contributed by atoms with Gasteiger partial charge in [0.15, 0.2) is 5.82 Å². The van der Waals surface area contributed by atoms with Crippen LogP contribution in [0.1, 0.15) is 74.2 Å². The molecule has 2 aromatic heterocycles. The molecule has 1 amide bonds. The lowest BCUT2D eigenvalue weighted by atomic mass is 9.89. The average Bonchev–Trinajstić information content (AvgIpc) is 3.42. The molecule has 1 saturated carbocycles. The van der Waals surface area contributed by atoms with Gasteiger partial charge in [0.1, 0.15) is 6.04 Å². The van der Waals surface area contributed by atoms with Crippen LogP contribution in [0.3, 0.4) is 0 Å². The van der Waals surface area contributed by atoms with Gasteiger partial charge in [-0.2, -0.15) is 10.1 Å². The van der Waals surface area contributed by atoms with Crippen LogP contribution in [0.25, 0.3) is 0 Å². The molecule has 8 heteroatoms. The Balaban J connectivity index is 1.39. The Morgan fingerprint density at radius 3 is 2.89 bits per heavy atom. The molecular formula is C19H28N6O2. The molecule has 146 valence electrons. The topological polar surface area (TPSA) is 97.9 Å². The van der Waals surface area contributed by atoms with Crippen LogP contribution >= 0.6 is 0 Å². The zero-order valence-electron chi connectivity index (χ0n) is 16.0. The quantitative estimate of drug-likeness (QED) is 0.833. The fourth-order valence-corrected chi connectivity index (χ4v) is 4.27. The van der Waals surface area contributed by atoms with Crippen molar-refractivity contribution in [2.75, 3.05) is 13.1 Å². The summed E-state index contributed by atoms with van der Waals surface area (Å²) < 4.78 is 7.23. The molecule has 1 aliphatic carbocycles. The van der Waals surface area contributed by atoms with Crippen molar-refractivity contribution in [2.45, 2.75) is 56.9 Å². The van der Waals surface area contributed by atoms with Gasteiger partial charge in [0.05, 0.1) is 12.1 Å². The number of rotatable bonds is 5. The van der Waals surface area contributed by atoms with Crippen LogP contribution in [0.15, 0.2) is 16.9 Å². The van der Waals surface area contributed by atoms with Crippen LogP contribution in [-0.4, -0.2) is 38.9 Å². The first-order valence-electron chi connectivity index (χ1n) is 9.95. The molecule has 3 heterocycles. The lowest BCUT2D eigenvalue weighted by Crippen LogP contribution is -2.36. The van der Waals surface area contributed by atoms with Gasteiger partial charge in [-0.05, 0) is 25.3 Å². The summed E-state index contributed by atoms with van der Waals surface area (Å²) in [7, 11) is 1.89. The largest absolute Gasteiger partial charge is 0.344 e. The normalized spacial score (nSPS) is 24.8. The predicted molar refractivity (Wildman–Crippen MR) is 99.0 cm³/mol. The first-order valence-corrected chi connectivity index (χ1v) is 9.95. The van der Waals surface area contributed by atoms with Gasteiger partial charge in [-0.1, -0.05) is 24.4 Å². The van der Waals surface area contributed by atoms with E-state index in [4.69, 9.17) is 4.52 Å². The lowest BCUT2D eigenvalue weighted by Gasteiger charge is -2.19. The highest BCUT2D eigenvalue weighted by atomic mass is 16.5. The standard InChI is InChI=1S/C19H28N6O2/c1-12(19-23-17(24-27-19)13-6-4-3-5-7-13)22-18(26)16-10-20-9-15(16)14-8-21-25(2)11-14/h8,11-13,15-16,20H,3-7,9-10H2,1-2H3,(H,22,26)/t12?,15-,16+/m1/s1. The van der Waals surface area contributed by atoms with Crippen LogP contribution in [0.4, 0.5) is 0 Å². The number of amides is 1. The Bertz CT molecular complexity index is 779. The summed E-state index contributed by atoms with van der Waals surface area (Å²) in [6.45, 7) is 3.34. The van der Waals surface area contributed by atoms with E-state index in [9.17, 15) is 4.79 Å². The first kappa shape index (κ1) is 18.2. The summed E-state index contributed by atoms with van der Waals surface area (Å²) in [5, 5.41) is 14.8. The van der Waals surface area contributed by atoms with Crippen LogP contribution in [0.5, 0.6) is 0 Å². The van der Waals surface area contributed by atoms with Gasteiger partial charge in [0.25, 0.3) is 0 Å². The molecule has 1 aliphatic heterocycles. The second-order valence-corrected chi connectivity index (χ2v) is 7.87. The second kappa shape index (κ2) is 7.80. The summed E-state index contributed by atoms with van der Waals surface area (Å²) in [4.78, 5) is 17.4. The fourth-order valence-electron chi connectivity index (χ4n) is 4.27. The zero-order valence-corrected chi connectivity index (χ0v) is 16.0. The van der Waals surface area contributed by atoms with Crippen LogP contribution in [-0.2, 0) is 11.8 Å². The van der Waals surface area contributed by atoms with Gasteiger partial charge in [-0.25, -0.2) is 0 Å². The van der Waals surface area contributed by atoms with Crippen LogP contribution < -0.4 is 10.6 Å². The third kappa shape index (κ3) is 3.90. The number of carbonyl (C=O) groups is 1. The molecule has 8 nitrogen and oxygen atoms in total. The van der Waals surface area contributed by atoms with Crippen molar-refractivity contribution in [1.29, 1.82) is 0 Å². The lowest BCUT2D eigenvalue weighted by molar-refractivity contribution is -0.125. The molecule has 0 aromatic carbocycles. The Kier molecular flexibility index (Phi) is 5.24. The monoisotopic (exact) mass is 372 g/mol. The van der Waals surface area contributed by atoms with Crippen molar-refractivity contribution in [3.8, 4) is 0 Å². The maximum atomic E-state index is 12.9. The predicted octanol–water partition coefficient (Wildman–Crippen LogP) is 2.03. The highest BCUT2D eigenvalue weighted by molar-refractivity contribution is 5.80. The highest BCUT2D eigenvalue weighted by Crippen LogP contribution is 2.32. The van der Waals surface area contributed by atoms with Gasteiger partial charge >= 0.3 is 0 Å². The zero-order chi connectivity index (χ0) is 18.8. The molecule has 0 radical (unpaired) electrons. The van der Waals surface area contributed by atoms with E-state index < -0.39 is 0 Å². The SMILES string of the molecule is CC(NC(=O)[C@H]1CNC[C@@H]1c1cnn(C)c1)c1nc(C2CCCCC2)no1. The first-order chi connectivity index (χ1) is 13.1.